The number of alkyl halides is 3. The van der Waals surface area contributed by atoms with Crippen LogP contribution in [0.3, 0.4) is 0 Å². The molecule has 0 atom stereocenters. The molecule has 0 fully saturated rings. The fraction of sp³-hybridized carbons (Fsp3) is 0.200. The number of aromatic nitrogens is 1. The van der Waals surface area contributed by atoms with Crippen LogP contribution in [-0.4, -0.2) is 17.5 Å². The molecule has 1 aromatic heterocycles. The Morgan fingerprint density at radius 2 is 1.96 bits per heavy atom. The van der Waals surface area contributed by atoms with Crippen LogP contribution < -0.4 is 15.6 Å². The maximum absolute atomic E-state index is 12.9. The average Bonchev–Trinajstić information content (AvgIpc) is 2.54. The van der Waals surface area contributed by atoms with Gasteiger partial charge in [0.25, 0.3) is 5.91 Å². The zero-order valence-corrected chi connectivity index (χ0v) is 13.2. The molecule has 0 aliphatic rings. The van der Waals surface area contributed by atoms with Crippen molar-refractivity contribution in [2.75, 3.05) is 12.0 Å². The summed E-state index contributed by atoms with van der Waals surface area (Å²) in [7, 11) is 0. The number of benzene rings is 1. The lowest BCUT2D eigenvalue weighted by molar-refractivity contribution is -0.137. The fourth-order valence-corrected chi connectivity index (χ4v) is 2.03. The van der Waals surface area contributed by atoms with Crippen molar-refractivity contribution in [3.63, 3.8) is 0 Å². The van der Waals surface area contributed by atoms with E-state index in [0.29, 0.717) is 6.61 Å². The predicted molar refractivity (Wildman–Crippen MR) is 82.9 cm³/mol. The fourth-order valence-electron chi connectivity index (χ4n) is 1.83. The number of hydrogen-bond acceptors (Lipinski definition) is 4. The summed E-state index contributed by atoms with van der Waals surface area (Å²) in [4.78, 5) is 16.0. The number of hydrogen-bond donors (Lipinski definition) is 2. The normalized spacial score (nSPS) is 11.0. The number of ether oxygens (including phenoxy) is 1. The van der Waals surface area contributed by atoms with Crippen LogP contribution in [0.1, 0.15) is 23.0 Å². The Kier molecular flexibility index (Phi) is 5.50. The second-order valence-corrected chi connectivity index (χ2v) is 4.94. The SMILES string of the molecule is CCOc1ccc(Cl)c(C(=O)NNc2ccccc2C(F)(F)F)n1. The molecular formula is C15H13ClF3N3O2. The van der Waals surface area contributed by atoms with Gasteiger partial charge in [0.1, 0.15) is 0 Å². The average molecular weight is 360 g/mol. The number of para-hydroxylation sites is 1. The molecule has 0 bridgehead atoms. The highest BCUT2D eigenvalue weighted by atomic mass is 35.5. The van der Waals surface area contributed by atoms with E-state index in [4.69, 9.17) is 16.3 Å². The smallest absolute Gasteiger partial charge is 0.418 e. The molecule has 2 N–H and O–H groups in total. The monoisotopic (exact) mass is 359 g/mol. The van der Waals surface area contributed by atoms with Gasteiger partial charge in [-0.05, 0) is 25.1 Å². The van der Waals surface area contributed by atoms with Crippen LogP contribution in [0.4, 0.5) is 18.9 Å². The summed E-state index contributed by atoms with van der Waals surface area (Å²) >= 11 is 5.89. The molecule has 0 aliphatic carbocycles. The van der Waals surface area contributed by atoms with Crippen molar-refractivity contribution in [1.82, 2.24) is 10.4 Å². The van der Waals surface area contributed by atoms with Gasteiger partial charge in [0.15, 0.2) is 5.69 Å². The van der Waals surface area contributed by atoms with Gasteiger partial charge >= 0.3 is 6.18 Å². The standard InChI is InChI=1S/C15H13ClF3N3O2/c1-2-24-12-8-7-10(16)13(20-12)14(23)22-21-11-6-4-3-5-9(11)15(17,18)19/h3-8,21H,2H2,1H3,(H,22,23). The van der Waals surface area contributed by atoms with Gasteiger partial charge in [0.05, 0.1) is 22.9 Å². The van der Waals surface area contributed by atoms with Gasteiger partial charge in [0, 0.05) is 6.07 Å². The Hall–Kier alpha value is -2.48. The van der Waals surface area contributed by atoms with E-state index >= 15 is 0 Å². The Morgan fingerprint density at radius 3 is 2.62 bits per heavy atom. The summed E-state index contributed by atoms with van der Waals surface area (Å²) in [6, 6.07) is 7.64. The van der Waals surface area contributed by atoms with Gasteiger partial charge in [-0.1, -0.05) is 23.7 Å². The summed E-state index contributed by atoms with van der Waals surface area (Å²) in [5.41, 5.74) is 3.01. The zero-order chi connectivity index (χ0) is 17.7. The number of hydrazine groups is 1. The second kappa shape index (κ2) is 7.39. The van der Waals surface area contributed by atoms with Crippen LogP contribution >= 0.6 is 11.6 Å². The Balaban J connectivity index is 2.16. The summed E-state index contributed by atoms with van der Waals surface area (Å²) in [5, 5.41) is 0.0434. The molecule has 0 saturated heterocycles. The molecule has 0 spiro atoms. The van der Waals surface area contributed by atoms with Crippen LogP contribution in [0, 0.1) is 0 Å². The number of nitrogens with zero attached hydrogens (tertiary/aromatic N) is 1. The van der Waals surface area contributed by atoms with E-state index in [1.54, 1.807) is 6.92 Å². The first-order chi connectivity index (χ1) is 11.3. The van der Waals surface area contributed by atoms with Crippen molar-refractivity contribution in [2.24, 2.45) is 0 Å². The lowest BCUT2D eigenvalue weighted by Crippen LogP contribution is -2.31. The van der Waals surface area contributed by atoms with Gasteiger partial charge in [-0.25, -0.2) is 4.98 Å². The molecule has 0 radical (unpaired) electrons. The molecule has 0 saturated carbocycles. The lowest BCUT2D eigenvalue weighted by Gasteiger charge is -2.15. The number of carbonyl (C=O) groups excluding carboxylic acids is 1. The van der Waals surface area contributed by atoms with Gasteiger partial charge in [-0.3, -0.25) is 15.6 Å². The van der Waals surface area contributed by atoms with E-state index in [-0.39, 0.29) is 22.3 Å². The van der Waals surface area contributed by atoms with Crippen molar-refractivity contribution in [3.05, 3.63) is 52.7 Å². The van der Waals surface area contributed by atoms with Crippen LogP contribution in [0.15, 0.2) is 36.4 Å². The lowest BCUT2D eigenvalue weighted by atomic mass is 10.2. The number of anilines is 1. The van der Waals surface area contributed by atoms with Crippen LogP contribution in [0.25, 0.3) is 0 Å². The van der Waals surface area contributed by atoms with Crippen LogP contribution in [-0.2, 0) is 6.18 Å². The number of pyridine rings is 1. The molecule has 24 heavy (non-hydrogen) atoms. The zero-order valence-electron chi connectivity index (χ0n) is 12.4. The van der Waals surface area contributed by atoms with Crippen molar-refractivity contribution in [2.45, 2.75) is 13.1 Å². The summed E-state index contributed by atoms with van der Waals surface area (Å²) in [6.45, 7) is 2.08. The first-order valence-electron chi connectivity index (χ1n) is 6.85. The third-order valence-corrected chi connectivity index (χ3v) is 3.18. The van der Waals surface area contributed by atoms with Crippen molar-refractivity contribution >= 4 is 23.2 Å². The van der Waals surface area contributed by atoms with Crippen molar-refractivity contribution in [3.8, 4) is 5.88 Å². The van der Waals surface area contributed by atoms with E-state index < -0.39 is 17.6 Å². The molecule has 9 heteroatoms. The molecule has 1 heterocycles. The molecule has 0 unspecified atom stereocenters. The molecule has 5 nitrogen and oxygen atoms in total. The summed E-state index contributed by atoms with van der Waals surface area (Å²) in [5.74, 6) is -0.610. The first kappa shape index (κ1) is 17.9. The second-order valence-electron chi connectivity index (χ2n) is 4.54. The summed E-state index contributed by atoms with van der Waals surface area (Å²) in [6.07, 6.45) is -4.56. The van der Waals surface area contributed by atoms with Gasteiger partial charge in [-0.2, -0.15) is 13.2 Å². The largest absolute Gasteiger partial charge is 0.478 e. The Labute approximate surface area is 140 Å². The number of halogens is 4. The topological polar surface area (TPSA) is 63.2 Å². The highest BCUT2D eigenvalue weighted by Gasteiger charge is 2.33. The molecule has 1 amide bonds. The van der Waals surface area contributed by atoms with Crippen molar-refractivity contribution in [1.29, 1.82) is 0 Å². The molecule has 1 aromatic carbocycles. The Morgan fingerprint density at radius 1 is 1.25 bits per heavy atom. The minimum absolute atomic E-state index is 0.0434. The minimum Gasteiger partial charge on any atom is -0.478 e. The maximum Gasteiger partial charge on any atom is 0.418 e. The highest BCUT2D eigenvalue weighted by molar-refractivity contribution is 6.33. The van der Waals surface area contributed by atoms with Crippen molar-refractivity contribution < 1.29 is 22.7 Å². The molecule has 2 rings (SSSR count). The first-order valence-corrected chi connectivity index (χ1v) is 7.22. The summed E-state index contributed by atoms with van der Waals surface area (Å²) < 4.78 is 43.8. The number of rotatable bonds is 5. The third-order valence-electron chi connectivity index (χ3n) is 2.87. The molecule has 128 valence electrons. The minimum atomic E-state index is -4.56. The maximum atomic E-state index is 12.9. The third kappa shape index (κ3) is 4.29. The van der Waals surface area contributed by atoms with Crippen LogP contribution in [0.2, 0.25) is 5.02 Å². The van der Waals surface area contributed by atoms with E-state index in [1.165, 1.54) is 30.3 Å². The number of nitrogens with one attached hydrogen (secondary N) is 2. The number of amides is 1. The van der Waals surface area contributed by atoms with Gasteiger partial charge in [0.2, 0.25) is 5.88 Å². The highest BCUT2D eigenvalue weighted by Crippen LogP contribution is 2.34. The molecule has 0 aliphatic heterocycles. The van der Waals surface area contributed by atoms with Gasteiger partial charge in [-0.15, -0.1) is 0 Å². The van der Waals surface area contributed by atoms with E-state index in [1.807, 2.05) is 0 Å². The van der Waals surface area contributed by atoms with Gasteiger partial charge < -0.3 is 4.74 Å². The van der Waals surface area contributed by atoms with E-state index in [9.17, 15) is 18.0 Å². The number of carbonyl (C=O) groups is 1. The van der Waals surface area contributed by atoms with E-state index in [0.717, 1.165) is 6.07 Å². The Bertz CT molecular complexity index is 738. The van der Waals surface area contributed by atoms with Crippen LogP contribution in [0.5, 0.6) is 5.88 Å². The quantitative estimate of drug-likeness (QED) is 0.794. The molecule has 2 aromatic rings. The molecular weight excluding hydrogens is 347 g/mol. The van der Waals surface area contributed by atoms with E-state index in [2.05, 4.69) is 15.8 Å². The predicted octanol–water partition coefficient (Wildman–Crippen LogP) is 3.91.